The number of ether oxygens (including phenoxy) is 1. The van der Waals surface area contributed by atoms with Crippen LogP contribution >= 0.6 is 0 Å². The van der Waals surface area contributed by atoms with Gasteiger partial charge in [0, 0.05) is 12.6 Å². The molecule has 0 saturated carbocycles. The summed E-state index contributed by atoms with van der Waals surface area (Å²) < 4.78 is 5.32. The molecule has 10 heavy (non-hydrogen) atoms. The minimum Gasteiger partial charge on any atom is -0.379 e. The van der Waals surface area contributed by atoms with Crippen LogP contribution in [0.5, 0.6) is 0 Å². The maximum atomic E-state index is 5.32. The molecule has 0 aromatic carbocycles. The van der Waals surface area contributed by atoms with Crippen LogP contribution in [0.3, 0.4) is 0 Å². The van der Waals surface area contributed by atoms with Crippen molar-refractivity contribution in [2.75, 3.05) is 19.8 Å². The zero-order chi connectivity index (χ0) is 7.23. The van der Waals surface area contributed by atoms with Crippen LogP contribution < -0.4 is 5.32 Å². The number of hydrogen-bond donors (Lipinski definition) is 1. The SMILES string of the molecule is CCCC[C@@H]1COCCN1. The predicted octanol–water partition coefficient (Wildman–Crippen LogP) is 1.17. The van der Waals surface area contributed by atoms with E-state index < -0.39 is 0 Å². The highest BCUT2D eigenvalue weighted by Crippen LogP contribution is 2.03. The molecule has 0 spiro atoms. The predicted molar refractivity (Wildman–Crippen MR) is 42.1 cm³/mol. The lowest BCUT2D eigenvalue weighted by Gasteiger charge is -2.23. The molecule has 1 fully saturated rings. The Bertz CT molecular complexity index is 79.3. The van der Waals surface area contributed by atoms with Gasteiger partial charge in [0.05, 0.1) is 13.2 Å². The van der Waals surface area contributed by atoms with E-state index in [1.54, 1.807) is 0 Å². The molecule has 1 N–H and O–H groups in total. The minimum atomic E-state index is 0.633. The zero-order valence-corrected chi connectivity index (χ0v) is 6.73. The van der Waals surface area contributed by atoms with Crippen molar-refractivity contribution < 1.29 is 4.74 Å². The first kappa shape index (κ1) is 8.02. The maximum absolute atomic E-state index is 5.32. The van der Waals surface area contributed by atoms with Gasteiger partial charge < -0.3 is 10.1 Å². The van der Waals surface area contributed by atoms with Crippen molar-refractivity contribution in [3.05, 3.63) is 0 Å². The summed E-state index contributed by atoms with van der Waals surface area (Å²) in [6.07, 6.45) is 3.88. The molecule has 60 valence electrons. The first-order valence-electron chi connectivity index (χ1n) is 4.24. The van der Waals surface area contributed by atoms with Gasteiger partial charge in [0.25, 0.3) is 0 Å². The molecule has 0 unspecified atom stereocenters. The molecule has 1 heterocycles. The van der Waals surface area contributed by atoms with Crippen molar-refractivity contribution in [3.63, 3.8) is 0 Å². The summed E-state index contributed by atoms with van der Waals surface area (Å²) in [5.41, 5.74) is 0. The van der Waals surface area contributed by atoms with Crippen LogP contribution in [-0.2, 0) is 4.74 Å². The molecular weight excluding hydrogens is 126 g/mol. The molecule has 0 aromatic rings. The summed E-state index contributed by atoms with van der Waals surface area (Å²) in [6, 6.07) is 0.633. The van der Waals surface area contributed by atoms with Crippen molar-refractivity contribution in [1.82, 2.24) is 5.32 Å². The number of unbranched alkanes of at least 4 members (excludes halogenated alkanes) is 1. The van der Waals surface area contributed by atoms with Crippen molar-refractivity contribution in [1.29, 1.82) is 0 Å². The zero-order valence-electron chi connectivity index (χ0n) is 6.73. The first-order valence-corrected chi connectivity index (χ1v) is 4.24. The Hall–Kier alpha value is -0.0800. The summed E-state index contributed by atoms with van der Waals surface area (Å²) in [5.74, 6) is 0. The number of nitrogens with one attached hydrogen (secondary N) is 1. The second kappa shape index (κ2) is 4.69. The number of hydrogen-bond acceptors (Lipinski definition) is 2. The molecule has 1 aliphatic heterocycles. The fraction of sp³-hybridized carbons (Fsp3) is 1.00. The standard InChI is InChI=1S/C8H17NO/c1-2-3-4-8-7-10-6-5-9-8/h8-9H,2-7H2,1H3/t8-/m1/s1. The Balaban J connectivity index is 2.02. The quantitative estimate of drug-likeness (QED) is 0.640. The molecule has 1 atom stereocenters. The van der Waals surface area contributed by atoms with E-state index in [0.717, 1.165) is 19.8 Å². The van der Waals surface area contributed by atoms with Crippen LogP contribution in [0.25, 0.3) is 0 Å². The Morgan fingerprint density at radius 2 is 2.50 bits per heavy atom. The highest BCUT2D eigenvalue weighted by atomic mass is 16.5. The smallest absolute Gasteiger partial charge is 0.0620 e. The molecule has 0 amide bonds. The van der Waals surface area contributed by atoms with Gasteiger partial charge in [-0.25, -0.2) is 0 Å². The van der Waals surface area contributed by atoms with Crippen LogP contribution in [0, 0.1) is 0 Å². The van der Waals surface area contributed by atoms with Gasteiger partial charge >= 0.3 is 0 Å². The topological polar surface area (TPSA) is 21.3 Å². The van der Waals surface area contributed by atoms with Crippen molar-refractivity contribution in [3.8, 4) is 0 Å². The van der Waals surface area contributed by atoms with Gasteiger partial charge in [0.1, 0.15) is 0 Å². The molecule has 1 saturated heterocycles. The fourth-order valence-electron chi connectivity index (χ4n) is 1.26. The molecule has 2 heteroatoms. The summed E-state index contributed by atoms with van der Waals surface area (Å²) in [4.78, 5) is 0. The Morgan fingerprint density at radius 1 is 1.60 bits per heavy atom. The van der Waals surface area contributed by atoms with Gasteiger partial charge in [0.2, 0.25) is 0 Å². The highest BCUT2D eigenvalue weighted by Gasteiger charge is 2.10. The fourth-order valence-corrected chi connectivity index (χ4v) is 1.26. The highest BCUT2D eigenvalue weighted by molar-refractivity contribution is 4.69. The molecular formula is C8H17NO. The van der Waals surface area contributed by atoms with Gasteiger partial charge in [-0.3, -0.25) is 0 Å². The van der Waals surface area contributed by atoms with Crippen LogP contribution in [-0.4, -0.2) is 25.8 Å². The molecule has 0 radical (unpaired) electrons. The number of morpholine rings is 1. The second-order valence-electron chi connectivity index (χ2n) is 2.87. The lowest BCUT2D eigenvalue weighted by Crippen LogP contribution is -2.40. The van der Waals surface area contributed by atoms with E-state index in [1.807, 2.05) is 0 Å². The normalized spacial score (nSPS) is 26.7. The lowest BCUT2D eigenvalue weighted by atomic mass is 10.1. The van der Waals surface area contributed by atoms with E-state index in [2.05, 4.69) is 12.2 Å². The van der Waals surface area contributed by atoms with E-state index >= 15 is 0 Å². The van der Waals surface area contributed by atoms with E-state index in [9.17, 15) is 0 Å². The van der Waals surface area contributed by atoms with Gasteiger partial charge in [0.15, 0.2) is 0 Å². The molecule has 1 aliphatic rings. The van der Waals surface area contributed by atoms with Gasteiger partial charge in [-0.05, 0) is 6.42 Å². The summed E-state index contributed by atoms with van der Waals surface area (Å²) in [5, 5.41) is 3.43. The largest absolute Gasteiger partial charge is 0.379 e. The number of rotatable bonds is 3. The molecule has 0 bridgehead atoms. The summed E-state index contributed by atoms with van der Waals surface area (Å²) in [7, 11) is 0. The first-order chi connectivity index (χ1) is 4.93. The van der Waals surface area contributed by atoms with Crippen LogP contribution in [0.15, 0.2) is 0 Å². The average molecular weight is 143 g/mol. The van der Waals surface area contributed by atoms with Gasteiger partial charge in [-0.1, -0.05) is 19.8 Å². The van der Waals surface area contributed by atoms with E-state index in [-0.39, 0.29) is 0 Å². The third-order valence-corrected chi connectivity index (χ3v) is 1.90. The van der Waals surface area contributed by atoms with Crippen LogP contribution in [0.2, 0.25) is 0 Å². The Morgan fingerprint density at radius 3 is 3.10 bits per heavy atom. The van der Waals surface area contributed by atoms with Crippen molar-refractivity contribution in [2.45, 2.75) is 32.2 Å². The Kier molecular flexibility index (Phi) is 3.76. The monoisotopic (exact) mass is 143 g/mol. The third-order valence-electron chi connectivity index (χ3n) is 1.90. The Labute approximate surface area is 63.0 Å². The molecule has 0 aromatic heterocycles. The van der Waals surface area contributed by atoms with Gasteiger partial charge in [-0.15, -0.1) is 0 Å². The summed E-state index contributed by atoms with van der Waals surface area (Å²) in [6.45, 7) is 5.07. The molecule has 0 aliphatic carbocycles. The second-order valence-corrected chi connectivity index (χ2v) is 2.87. The minimum absolute atomic E-state index is 0.633. The lowest BCUT2D eigenvalue weighted by molar-refractivity contribution is 0.0735. The van der Waals surface area contributed by atoms with E-state index in [0.29, 0.717) is 6.04 Å². The van der Waals surface area contributed by atoms with Crippen molar-refractivity contribution in [2.24, 2.45) is 0 Å². The van der Waals surface area contributed by atoms with Gasteiger partial charge in [-0.2, -0.15) is 0 Å². The third kappa shape index (κ3) is 2.67. The molecule has 1 rings (SSSR count). The summed E-state index contributed by atoms with van der Waals surface area (Å²) >= 11 is 0. The van der Waals surface area contributed by atoms with Crippen LogP contribution in [0.1, 0.15) is 26.2 Å². The van der Waals surface area contributed by atoms with Crippen LogP contribution in [0.4, 0.5) is 0 Å². The maximum Gasteiger partial charge on any atom is 0.0620 e. The van der Waals surface area contributed by atoms with E-state index in [4.69, 9.17) is 4.74 Å². The molecule has 2 nitrogen and oxygen atoms in total. The average Bonchev–Trinajstić information content (AvgIpc) is 2.03. The van der Waals surface area contributed by atoms with E-state index in [1.165, 1.54) is 19.3 Å². The van der Waals surface area contributed by atoms with Crippen molar-refractivity contribution >= 4 is 0 Å².